The van der Waals surface area contributed by atoms with Crippen LogP contribution in [-0.2, 0) is 6.42 Å². The first-order chi connectivity index (χ1) is 6.26. The molecular formula is C8H11N3O2. The second-order valence-corrected chi connectivity index (χ2v) is 2.50. The van der Waals surface area contributed by atoms with Gasteiger partial charge in [0, 0.05) is 12.6 Å². The summed E-state index contributed by atoms with van der Waals surface area (Å²) in [5.41, 5.74) is 6.17. The van der Waals surface area contributed by atoms with E-state index < -0.39 is 0 Å². The molecule has 5 nitrogen and oxygen atoms in total. The Balaban J connectivity index is 2.77. The Hall–Kier alpha value is -1.78. The third-order valence-corrected chi connectivity index (χ3v) is 1.52. The van der Waals surface area contributed by atoms with Crippen LogP contribution in [-0.4, -0.2) is 23.1 Å². The van der Waals surface area contributed by atoms with Gasteiger partial charge in [-0.25, -0.2) is 0 Å². The average Bonchev–Trinajstić information content (AvgIpc) is 2.18. The number of aromatic nitrogens is 1. The molecule has 1 aromatic rings. The first-order valence-corrected chi connectivity index (χ1v) is 3.70. The highest BCUT2D eigenvalue weighted by Crippen LogP contribution is 2.10. The summed E-state index contributed by atoms with van der Waals surface area (Å²) in [6.07, 6.45) is 3.59. The molecule has 0 unspecified atom stereocenters. The molecule has 1 aromatic heterocycles. The molecule has 0 radical (unpaired) electrons. The van der Waals surface area contributed by atoms with Gasteiger partial charge in [-0.3, -0.25) is 4.98 Å². The third-order valence-electron chi connectivity index (χ3n) is 1.52. The lowest BCUT2D eigenvalue weighted by atomic mass is 10.2. The van der Waals surface area contributed by atoms with Crippen LogP contribution in [0, 0.1) is 0 Å². The molecule has 1 rings (SSSR count). The van der Waals surface area contributed by atoms with Crippen molar-refractivity contribution in [1.29, 1.82) is 0 Å². The van der Waals surface area contributed by atoms with Gasteiger partial charge in [-0.2, -0.15) is 0 Å². The van der Waals surface area contributed by atoms with Crippen molar-refractivity contribution in [3.8, 4) is 5.75 Å². The van der Waals surface area contributed by atoms with E-state index in [0.717, 1.165) is 5.56 Å². The summed E-state index contributed by atoms with van der Waals surface area (Å²) < 4.78 is 4.96. The zero-order valence-electron chi connectivity index (χ0n) is 7.27. The van der Waals surface area contributed by atoms with Crippen molar-refractivity contribution in [2.45, 2.75) is 6.42 Å². The molecule has 0 saturated carbocycles. The minimum Gasteiger partial charge on any atom is -0.495 e. The molecule has 0 aliphatic rings. The lowest BCUT2D eigenvalue weighted by molar-refractivity contribution is 0.317. The molecule has 0 aliphatic heterocycles. The van der Waals surface area contributed by atoms with Crippen molar-refractivity contribution in [3.05, 3.63) is 24.0 Å². The Morgan fingerprint density at radius 2 is 2.46 bits per heavy atom. The third kappa shape index (κ3) is 2.62. The molecule has 13 heavy (non-hydrogen) atoms. The molecular weight excluding hydrogens is 170 g/mol. The van der Waals surface area contributed by atoms with Gasteiger partial charge in [-0.15, -0.1) is 0 Å². The number of amidine groups is 1. The maximum Gasteiger partial charge on any atom is 0.143 e. The topological polar surface area (TPSA) is 80.7 Å². The number of nitrogens with two attached hydrogens (primary N) is 1. The summed E-state index contributed by atoms with van der Waals surface area (Å²) in [4.78, 5) is 3.93. The zero-order valence-corrected chi connectivity index (χ0v) is 7.27. The van der Waals surface area contributed by atoms with Gasteiger partial charge in [0.05, 0.1) is 13.3 Å². The van der Waals surface area contributed by atoms with E-state index in [1.165, 1.54) is 0 Å². The number of pyridine rings is 1. The fourth-order valence-corrected chi connectivity index (χ4v) is 0.917. The Labute approximate surface area is 75.8 Å². The molecule has 0 aromatic carbocycles. The molecule has 0 bridgehead atoms. The van der Waals surface area contributed by atoms with Gasteiger partial charge in [0.2, 0.25) is 0 Å². The summed E-state index contributed by atoms with van der Waals surface area (Å²) in [5, 5.41) is 11.2. The number of nitrogens with zero attached hydrogens (tertiary/aromatic N) is 2. The number of hydrogen-bond acceptors (Lipinski definition) is 4. The van der Waals surface area contributed by atoms with E-state index in [1.54, 1.807) is 25.6 Å². The summed E-state index contributed by atoms with van der Waals surface area (Å²) in [7, 11) is 1.56. The fourth-order valence-electron chi connectivity index (χ4n) is 0.917. The quantitative estimate of drug-likeness (QED) is 0.306. The number of oxime groups is 1. The molecule has 70 valence electrons. The summed E-state index contributed by atoms with van der Waals surface area (Å²) in [5.74, 6) is 0.804. The largest absolute Gasteiger partial charge is 0.495 e. The Bertz CT molecular complexity index is 312. The van der Waals surface area contributed by atoms with Crippen molar-refractivity contribution in [2.24, 2.45) is 10.9 Å². The van der Waals surface area contributed by atoms with Gasteiger partial charge >= 0.3 is 0 Å². The van der Waals surface area contributed by atoms with E-state index in [9.17, 15) is 0 Å². The normalized spacial score (nSPS) is 11.3. The molecule has 0 spiro atoms. The SMILES string of the molecule is COc1cncc(C/C(N)=N/O)c1. The first-order valence-electron chi connectivity index (χ1n) is 3.70. The van der Waals surface area contributed by atoms with Gasteiger partial charge in [0.15, 0.2) is 0 Å². The van der Waals surface area contributed by atoms with E-state index >= 15 is 0 Å². The second kappa shape index (κ2) is 4.30. The minimum atomic E-state index is 0.148. The van der Waals surface area contributed by atoms with Gasteiger partial charge < -0.3 is 15.7 Å². The van der Waals surface area contributed by atoms with E-state index in [2.05, 4.69) is 10.1 Å². The number of rotatable bonds is 3. The van der Waals surface area contributed by atoms with Crippen LogP contribution in [0.2, 0.25) is 0 Å². The van der Waals surface area contributed by atoms with Gasteiger partial charge in [-0.1, -0.05) is 5.16 Å². The van der Waals surface area contributed by atoms with Gasteiger partial charge in [0.1, 0.15) is 11.6 Å². The number of hydrogen-bond donors (Lipinski definition) is 2. The van der Waals surface area contributed by atoms with Crippen LogP contribution < -0.4 is 10.5 Å². The summed E-state index contributed by atoms with van der Waals surface area (Å²) in [6.45, 7) is 0. The molecule has 0 saturated heterocycles. The lowest BCUT2D eigenvalue weighted by Gasteiger charge is -2.01. The van der Waals surface area contributed by atoms with Gasteiger partial charge in [0.25, 0.3) is 0 Å². The van der Waals surface area contributed by atoms with Crippen LogP contribution in [0.15, 0.2) is 23.6 Å². The van der Waals surface area contributed by atoms with Crippen LogP contribution in [0.3, 0.4) is 0 Å². The molecule has 1 heterocycles. The first kappa shape index (κ1) is 9.31. The van der Waals surface area contributed by atoms with Crippen LogP contribution in [0.1, 0.15) is 5.56 Å². The standard InChI is InChI=1S/C8H11N3O2/c1-13-7-2-6(4-10-5-7)3-8(9)11-12/h2,4-5,12H,3H2,1H3,(H2,9,11). The Morgan fingerprint density at radius 3 is 3.08 bits per heavy atom. The van der Waals surface area contributed by atoms with E-state index in [0.29, 0.717) is 12.2 Å². The maximum absolute atomic E-state index is 8.33. The Morgan fingerprint density at radius 1 is 1.69 bits per heavy atom. The zero-order chi connectivity index (χ0) is 9.68. The highest BCUT2D eigenvalue weighted by Gasteiger charge is 1.99. The van der Waals surface area contributed by atoms with Crippen molar-refractivity contribution < 1.29 is 9.94 Å². The maximum atomic E-state index is 8.33. The molecule has 5 heteroatoms. The van der Waals surface area contributed by atoms with Crippen LogP contribution in [0.4, 0.5) is 0 Å². The van der Waals surface area contributed by atoms with Crippen molar-refractivity contribution in [1.82, 2.24) is 4.98 Å². The monoisotopic (exact) mass is 181 g/mol. The van der Waals surface area contributed by atoms with Crippen LogP contribution in [0.5, 0.6) is 5.75 Å². The van der Waals surface area contributed by atoms with Crippen LogP contribution in [0.25, 0.3) is 0 Å². The van der Waals surface area contributed by atoms with Crippen molar-refractivity contribution in [2.75, 3.05) is 7.11 Å². The predicted molar refractivity (Wildman–Crippen MR) is 47.9 cm³/mol. The van der Waals surface area contributed by atoms with Crippen molar-refractivity contribution >= 4 is 5.84 Å². The predicted octanol–water partition coefficient (Wildman–Crippen LogP) is 0.379. The Kier molecular flexibility index (Phi) is 3.08. The van der Waals surface area contributed by atoms with Crippen molar-refractivity contribution in [3.63, 3.8) is 0 Å². The highest BCUT2D eigenvalue weighted by molar-refractivity contribution is 5.81. The van der Waals surface area contributed by atoms with E-state index in [-0.39, 0.29) is 5.84 Å². The number of ether oxygens (including phenoxy) is 1. The summed E-state index contributed by atoms with van der Waals surface area (Å²) >= 11 is 0. The number of methoxy groups -OCH3 is 1. The summed E-state index contributed by atoms with van der Waals surface area (Å²) in [6, 6.07) is 1.78. The smallest absolute Gasteiger partial charge is 0.143 e. The molecule has 0 amide bonds. The highest BCUT2D eigenvalue weighted by atomic mass is 16.5. The molecule has 0 fully saturated rings. The molecule has 0 aliphatic carbocycles. The van der Waals surface area contributed by atoms with E-state index in [4.69, 9.17) is 15.7 Å². The second-order valence-electron chi connectivity index (χ2n) is 2.50. The van der Waals surface area contributed by atoms with E-state index in [1.807, 2.05) is 0 Å². The van der Waals surface area contributed by atoms with Gasteiger partial charge in [-0.05, 0) is 11.6 Å². The average molecular weight is 181 g/mol. The molecule has 3 N–H and O–H groups in total. The lowest BCUT2D eigenvalue weighted by Crippen LogP contribution is -2.14. The molecule has 0 atom stereocenters. The van der Waals surface area contributed by atoms with Crippen LogP contribution >= 0.6 is 0 Å². The minimum absolute atomic E-state index is 0.148. The fraction of sp³-hybridized carbons (Fsp3) is 0.250.